The molecule has 27 heavy (non-hydrogen) atoms. The van der Waals surface area contributed by atoms with Gasteiger partial charge in [0, 0.05) is 7.05 Å². The van der Waals surface area contributed by atoms with Crippen molar-refractivity contribution in [3.05, 3.63) is 54.1 Å². The molecule has 0 bridgehead atoms. The van der Waals surface area contributed by atoms with Gasteiger partial charge >= 0.3 is 0 Å². The average molecular weight is 390 g/mol. The smallest absolute Gasteiger partial charge is 0.243 e. The Bertz CT molecular complexity index is 912. The molecule has 1 atom stereocenters. The topological polar surface area (TPSA) is 84.9 Å². The first-order valence-electron chi connectivity index (χ1n) is 8.54. The van der Waals surface area contributed by atoms with Gasteiger partial charge in [0.05, 0.1) is 18.0 Å². The van der Waals surface area contributed by atoms with Crippen LogP contribution in [-0.4, -0.2) is 51.5 Å². The maximum absolute atomic E-state index is 12.5. The number of fused-ring (bicyclic) bond motifs is 1. The number of amides is 1. The van der Waals surface area contributed by atoms with E-state index in [-0.39, 0.29) is 24.1 Å². The molecule has 8 heteroatoms. The number of hydrogen-bond donors (Lipinski definition) is 1. The predicted molar refractivity (Wildman–Crippen MR) is 100 cm³/mol. The number of hydrogen-bond acceptors (Lipinski definition) is 5. The zero-order valence-corrected chi connectivity index (χ0v) is 16.0. The first-order chi connectivity index (χ1) is 12.9. The van der Waals surface area contributed by atoms with E-state index >= 15 is 0 Å². The van der Waals surface area contributed by atoms with Gasteiger partial charge in [-0.15, -0.1) is 0 Å². The monoisotopic (exact) mass is 390 g/mol. The normalized spacial score (nSPS) is 16.2. The van der Waals surface area contributed by atoms with Crippen molar-refractivity contribution in [3.8, 4) is 11.5 Å². The Kier molecular flexibility index (Phi) is 5.67. The molecular weight excluding hydrogens is 368 g/mol. The zero-order valence-electron chi connectivity index (χ0n) is 15.2. The highest BCUT2D eigenvalue weighted by Gasteiger charge is 2.24. The van der Waals surface area contributed by atoms with Gasteiger partial charge in [0.15, 0.2) is 11.5 Å². The fourth-order valence-electron chi connectivity index (χ4n) is 2.62. The Hall–Kier alpha value is -2.58. The van der Waals surface area contributed by atoms with E-state index in [2.05, 4.69) is 5.32 Å². The Morgan fingerprint density at radius 3 is 2.52 bits per heavy atom. The summed E-state index contributed by atoms with van der Waals surface area (Å²) in [6.45, 7) is 2.14. The first-order valence-corrected chi connectivity index (χ1v) is 9.98. The molecule has 0 saturated heterocycles. The van der Waals surface area contributed by atoms with E-state index in [0.29, 0.717) is 18.1 Å². The molecule has 1 amide bonds. The maximum atomic E-state index is 12.5. The maximum Gasteiger partial charge on any atom is 0.243 e. The number of likely N-dealkylation sites (N-methyl/N-ethyl adjacent to an activating group) is 1. The molecule has 0 aromatic heterocycles. The molecule has 1 aliphatic heterocycles. The second kappa shape index (κ2) is 7.98. The summed E-state index contributed by atoms with van der Waals surface area (Å²) in [5.41, 5.74) is 0.964. The van der Waals surface area contributed by atoms with Crippen molar-refractivity contribution < 1.29 is 22.7 Å². The molecule has 0 aliphatic carbocycles. The lowest BCUT2D eigenvalue weighted by molar-refractivity contribution is -0.121. The minimum atomic E-state index is -3.72. The van der Waals surface area contributed by atoms with E-state index in [9.17, 15) is 13.2 Å². The van der Waals surface area contributed by atoms with Crippen LogP contribution in [0.2, 0.25) is 0 Å². The van der Waals surface area contributed by atoms with E-state index < -0.39 is 15.9 Å². The minimum Gasteiger partial charge on any atom is -0.486 e. The Morgan fingerprint density at radius 1 is 1.15 bits per heavy atom. The van der Waals surface area contributed by atoms with Crippen molar-refractivity contribution in [1.82, 2.24) is 9.62 Å². The Morgan fingerprint density at radius 2 is 1.81 bits per heavy atom. The number of carbonyl (C=O) groups is 1. The van der Waals surface area contributed by atoms with Crippen molar-refractivity contribution in [2.75, 3.05) is 26.7 Å². The summed E-state index contributed by atoms with van der Waals surface area (Å²) >= 11 is 0. The highest BCUT2D eigenvalue weighted by molar-refractivity contribution is 7.89. The minimum absolute atomic E-state index is 0.157. The summed E-state index contributed by atoms with van der Waals surface area (Å²) in [5, 5.41) is 2.70. The van der Waals surface area contributed by atoms with Gasteiger partial charge in [-0.1, -0.05) is 29.8 Å². The largest absolute Gasteiger partial charge is 0.486 e. The van der Waals surface area contributed by atoms with Gasteiger partial charge in [-0.2, -0.15) is 4.31 Å². The standard InChI is InChI=1S/C19H22N2O5S/c1-14-7-9-16(10-8-14)27(23,24)21(2)12-19(22)20-11-15-13-25-17-5-3-4-6-18(17)26-15/h3-10,15H,11-13H2,1-2H3,(H,20,22)/t15-/m1/s1. The van der Waals surface area contributed by atoms with Gasteiger partial charge in [-0.25, -0.2) is 8.42 Å². The molecule has 7 nitrogen and oxygen atoms in total. The number of para-hydroxylation sites is 2. The summed E-state index contributed by atoms with van der Waals surface area (Å²) in [7, 11) is -2.34. The summed E-state index contributed by atoms with van der Waals surface area (Å²) < 4.78 is 37.4. The van der Waals surface area contributed by atoms with Crippen LogP contribution in [0, 0.1) is 6.92 Å². The van der Waals surface area contributed by atoms with Crippen molar-refractivity contribution in [1.29, 1.82) is 0 Å². The third-order valence-corrected chi connectivity index (χ3v) is 6.01. The Balaban J connectivity index is 1.52. The number of benzene rings is 2. The summed E-state index contributed by atoms with van der Waals surface area (Å²) in [6.07, 6.45) is -0.331. The van der Waals surface area contributed by atoms with Gasteiger partial charge in [0.25, 0.3) is 0 Å². The highest BCUT2D eigenvalue weighted by atomic mass is 32.2. The zero-order chi connectivity index (χ0) is 19.4. The second-order valence-corrected chi connectivity index (χ2v) is 8.42. The van der Waals surface area contributed by atoms with Crippen LogP contribution in [-0.2, 0) is 14.8 Å². The number of nitrogens with one attached hydrogen (secondary N) is 1. The van der Waals surface area contributed by atoms with Crippen LogP contribution in [0.5, 0.6) is 11.5 Å². The first kappa shape index (κ1) is 19.2. The average Bonchev–Trinajstić information content (AvgIpc) is 2.66. The van der Waals surface area contributed by atoms with Gasteiger partial charge in [-0.05, 0) is 31.2 Å². The molecule has 144 valence electrons. The third kappa shape index (κ3) is 4.58. The van der Waals surface area contributed by atoms with E-state index in [1.54, 1.807) is 18.2 Å². The lowest BCUT2D eigenvalue weighted by Gasteiger charge is -2.26. The molecule has 0 fully saturated rings. The van der Waals surface area contributed by atoms with Gasteiger partial charge in [0.2, 0.25) is 15.9 Å². The van der Waals surface area contributed by atoms with Gasteiger partial charge in [0.1, 0.15) is 12.7 Å². The van der Waals surface area contributed by atoms with E-state index in [4.69, 9.17) is 9.47 Å². The number of ether oxygens (including phenoxy) is 2. The fraction of sp³-hybridized carbons (Fsp3) is 0.316. The van der Waals surface area contributed by atoms with Gasteiger partial charge < -0.3 is 14.8 Å². The van der Waals surface area contributed by atoms with Crippen LogP contribution in [0.3, 0.4) is 0 Å². The lowest BCUT2D eigenvalue weighted by Crippen LogP contribution is -2.44. The molecule has 2 aromatic rings. The summed E-state index contributed by atoms with van der Waals surface area (Å²) in [4.78, 5) is 12.3. The number of sulfonamides is 1. The van der Waals surface area contributed by atoms with Crippen molar-refractivity contribution in [2.45, 2.75) is 17.9 Å². The van der Waals surface area contributed by atoms with Crippen molar-refractivity contribution >= 4 is 15.9 Å². The lowest BCUT2D eigenvalue weighted by atomic mass is 10.2. The van der Waals surface area contributed by atoms with Crippen LogP contribution in [0.25, 0.3) is 0 Å². The van der Waals surface area contributed by atoms with Crippen molar-refractivity contribution in [3.63, 3.8) is 0 Å². The molecule has 0 spiro atoms. The third-order valence-electron chi connectivity index (χ3n) is 4.19. The molecule has 0 saturated carbocycles. The summed E-state index contributed by atoms with van der Waals surface area (Å²) in [5.74, 6) is 0.890. The molecule has 1 aliphatic rings. The Labute approximate surface area is 158 Å². The summed E-state index contributed by atoms with van der Waals surface area (Å²) in [6, 6.07) is 13.8. The molecule has 1 heterocycles. The number of aryl methyl sites for hydroxylation is 1. The highest BCUT2D eigenvalue weighted by Crippen LogP contribution is 2.30. The van der Waals surface area contributed by atoms with Crippen LogP contribution >= 0.6 is 0 Å². The molecule has 3 rings (SSSR count). The SMILES string of the molecule is Cc1ccc(S(=O)(=O)N(C)CC(=O)NC[C@@H]2COc3ccccc3O2)cc1. The molecule has 0 unspecified atom stereocenters. The number of rotatable bonds is 6. The van der Waals surface area contributed by atoms with Crippen LogP contribution in [0.1, 0.15) is 5.56 Å². The van der Waals surface area contributed by atoms with Crippen LogP contribution in [0.4, 0.5) is 0 Å². The molecule has 1 N–H and O–H groups in total. The number of nitrogens with zero attached hydrogens (tertiary/aromatic N) is 1. The predicted octanol–water partition coefficient (Wildman–Crippen LogP) is 1.57. The van der Waals surface area contributed by atoms with E-state index in [1.165, 1.54) is 19.2 Å². The fourth-order valence-corrected chi connectivity index (χ4v) is 3.75. The van der Waals surface area contributed by atoms with Crippen LogP contribution in [0.15, 0.2) is 53.4 Å². The van der Waals surface area contributed by atoms with E-state index in [1.807, 2.05) is 25.1 Å². The molecule has 0 radical (unpaired) electrons. The quantitative estimate of drug-likeness (QED) is 0.809. The number of carbonyl (C=O) groups excluding carboxylic acids is 1. The van der Waals surface area contributed by atoms with Crippen LogP contribution < -0.4 is 14.8 Å². The van der Waals surface area contributed by atoms with Crippen molar-refractivity contribution in [2.24, 2.45) is 0 Å². The molecular formula is C19H22N2O5S. The van der Waals surface area contributed by atoms with E-state index in [0.717, 1.165) is 9.87 Å². The second-order valence-electron chi connectivity index (χ2n) is 6.38. The molecule has 2 aromatic carbocycles. The van der Waals surface area contributed by atoms with Gasteiger partial charge in [-0.3, -0.25) is 4.79 Å².